The number of anilines is 1. The Morgan fingerprint density at radius 1 is 1.06 bits per heavy atom. The average molecular weight is 480 g/mol. The Balaban J connectivity index is 1.32. The van der Waals surface area contributed by atoms with Gasteiger partial charge in [-0.2, -0.15) is 8.42 Å². The molecular formula is C25H22FN3O4S. The Hall–Kier alpha value is -3.72. The van der Waals surface area contributed by atoms with Gasteiger partial charge in [-0.15, -0.1) is 4.40 Å². The maximum Gasteiger partial charge on any atom is 0.285 e. The van der Waals surface area contributed by atoms with Gasteiger partial charge >= 0.3 is 0 Å². The van der Waals surface area contributed by atoms with Crippen LogP contribution in [0.25, 0.3) is 0 Å². The van der Waals surface area contributed by atoms with Crippen molar-refractivity contribution >= 4 is 27.5 Å². The van der Waals surface area contributed by atoms with Gasteiger partial charge in [-0.05, 0) is 49.2 Å². The molecule has 7 nitrogen and oxygen atoms in total. The molecule has 1 unspecified atom stereocenters. The predicted octanol–water partition coefficient (Wildman–Crippen LogP) is 4.42. The van der Waals surface area contributed by atoms with Gasteiger partial charge in [0.05, 0.1) is 11.6 Å². The summed E-state index contributed by atoms with van der Waals surface area (Å²) in [4.78, 5) is 15.2. The van der Waals surface area contributed by atoms with E-state index < -0.39 is 15.8 Å². The number of hydrogen-bond donors (Lipinski definition) is 1. The molecule has 1 N–H and O–H groups in total. The molecule has 0 bridgehead atoms. The molecule has 3 aromatic rings. The second-order valence-electron chi connectivity index (χ2n) is 8.22. The molecule has 0 aliphatic carbocycles. The summed E-state index contributed by atoms with van der Waals surface area (Å²) in [6, 6.07) is 19.5. The molecule has 2 heterocycles. The highest BCUT2D eigenvalue weighted by molar-refractivity contribution is 7.90. The van der Waals surface area contributed by atoms with Crippen LogP contribution in [0.3, 0.4) is 0 Å². The zero-order valence-electron chi connectivity index (χ0n) is 18.1. The molecule has 34 heavy (non-hydrogen) atoms. The zero-order chi connectivity index (χ0) is 23.7. The number of halogens is 1. The smallest absolute Gasteiger partial charge is 0.285 e. The number of nitrogens with zero attached hydrogens (tertiary/aromatic N) is 2. The fourth-order valence-electron chi connectivity index (χ4n) is 4.25. The summed E-state index contributed by atoms with van der Waals surface area (Å²) in [5.74, 6) is 0.130. The third-order valence-corrected chi connectivity index (χ3v) is 7.20. The fourth-order valence-corrected chi connectivity index (χ4v) is 5.48. The van der Waals surface area contributed by atoms with Crippen molar-refractivity contribution in [3.63, 3.8) is 0 Å². The fraction of sp³-hybridized carbons (Fsp3) is 0.200. The number of likely N-dealkylation sites (tertiary alicyclic amines) is 1. The van der Waals surface area contributed by atoms with Crippen LogP contribution in [0.5, 0.6) is 11.5 Å². The van der Waals surface area contributed by atoms with Crippen LogP contribution >= 0.6 is 0 Å². The third kappa shape index (κ3) is 4.38. The van der Waals surface area contributed by atoms with E-state index in [4.69, 9.17) is 4.74 Å². The number of rotatable bonds is 4. The zero-order valence-corrected chi connectivity index (χ0v) is 19.0. The lowest BCUT2D eigenvalue weighted by atomic mass is 9.96. The topological polar surface area (TPSA) is 88.1 Å². The number of nitrogens with one attached hydrogen (secondary N) is 1. The number of hydrogen-bond acceptors (Lipinski definition) is 5. The first-order valence-electron chi connectivity index (χ1n) is 10.9. The van der Waals surface area contributed by atoms with Gasteiger partial charge in [-0.3, -0.25) is 4.79 Å². The monoisotopic (exact) mass is 479 g/mol. The number of amides is 1. The SMILES string of the molecule is O=C(Nc1ccccc1Oc1cccc(F)c1)C1CCCN(C2=NS(=O)(=O)c3ccccc32)C1. The minimum atomic E-state index is -3.73. The van der Waals surface area contributed by atoms with E-state index in [2.05, 4.69) is 9.71 Å². The summed E-state index contributed by atoms with van der Waals surface area (Å²) < 4.78 is 48.2. The summed E-state index contributed by atoms with van der Waals surface area (Å²) in [7, 11) is -3.73. The van der Waals surface area contributed by atoms with E-state index in [0.717, 1.165) is 6.42 Å². The number of fused-ring (bicyclic) bond motifs is 1. The van der Waals surface area contributed by atoms with Crippen molar-refractivity contribution < 1.29 is 22.3 Å². The Bertz CT molecular complexity index is 1390. The van der Waals surface area contributed by atoms with E-state index >= 15 is 0 Å². The Morgan fingerprint density at radius 3 is 2.71 bits per heavy atom. The molecular weight excluding hydrogens is 457 g/mol. The van der Waals surface area contributed by atoms with Crippen molar-refractivity contribution in [2.45, 2.75) is 17.7 Å². The highest BCUT2D eigenvalue weighted by atomic mass is 32.2. The average Bonchev–Trinajstić information content (AvgIpc) is 3.11. The molecule has 2 aliphatic rings. The standard InChI is InChI=1S/C25H22FN3O4S/c26-18-8-5-9-19(15-18)33-22-12-3-2-11-21(22)27-25(30)17-7-6-14-29(16-17)24-20-10-1-4-13-23(20)34(31,32)28-24/h1-5,8-13,15,17H,6-7,14,16H2,(H,27,30). The Morgan fingerprint density at radius 2 is 1.85 bits per heavy atom. The second kappa shape index (κ2) is 8.90. The molecule has 174 valence electrons. The lowest BCUT2D eigenvalue weighted by molar-refractivity contribution is -0.121. The quantitative estimate of drug-likeness (QED) is 0.599. The van der Waals surface area contributed by atoms with E-state index in [9.17, 15) is 17.6 Å². The van der Waals surface area contributed by atoms with Gasteiger partial charge < -0.3 is 15.0 Å². The lowest BCUT2D eigenvalue weighted by Gasteiger charge is -2.33. The van der Waals surface area contributed by atoms with E-state index in [0.29, 0.717) is 48.1 Å². The first-order valence-corrected chi connectivity index (χ1v) is 12.4. The number of benzene rings is 3. The van der Waals surface area contributed by atoms with Crippen LogP contribution in [0, 0.1) is 11.7 Å². The van der Waals surface area contributed by atoms with E-state index in [1.165, 1.54) is 12.1 Å². The molecule has 0 saturated carbocycles. The van der Waals surface area contributed by atoms with Gasteiger partial charge in [0.25, 0.3) is 10.0 Å². The van der Waals surface area contributed by atoms with Crippen molar-refractivity contribution in [2.24, 2.45) is 10.3 Å². The van der Waals surface area contributed by atoms with Crippen LogP contribution in [0.1, 0.15) is 18.4 Å². The van der Waals surface area contributed by atoms with Crippen molar-refractivity contribution in [1.82, 2.24) is 4.90 Å². The molecule has 5 rings (SSSR count). The van der Waals surface area contributed by atoms with Gasteiger partial charge in [0.2, 0.25) is 5.91 Å². The van der Waals surface area contributed by atoms with Crippen molar-refractivity contribution in [3.8, 4) is 11.5 Å². The number of amidine groups is 1. The number of para-hydroxylation sites is 2. The van der Waals surface area contributed by atoms with Crippen LogP contribution in [-0.2, 0) is 14.8 Å². The molecule has 0 spiro atoms. The largest absolute Gasteiger partial charge is 0.455 e. The molecule has 1 saturated heterocycles. The Kier molecular flexibility index (Phi) is 5.79. The maximum absolute atomic E-state index is 13.5. The van der Waals surface area contributed by atoms with Crippen LogP contribution in [-0.4, -0.2) is 38.2 Å². The van der Waals surface area contributed by atoms with Crippen molar-refractivity contribution in [2.75, 3.05) is 18.4 Å². The van der Waals surface area contributed by atoms with Crippen LogP contribution < -0.4 is 10.1 Å². The summed E-state index contributed by atoms with van der Waals surface area (Å²) in [5, 5.41) is 2.92. The highest BCUT2D eigenvalue weighted by Gasteiger charge is 2.35. The van der Waals surface area contributed by atoms with Crippen LogP contribution in [0.2, 0.25) is 0 Å². The first kappa shape index (κ1) is 22.1. The number of piperidine rings is 1. The summed E-state index contributed by atoms with van der Waals surface area (Å²) >= 11 is 0. The minimum Gasteiger partial charge on any atom is -0.455 e. The molecule has 1 fully saturated rings. The van der Waals surface area contributed by atoms with Gasteiger partial charge in [0, 0.05) is 24.7 Å². The predicted molar refractivity (Wildman–Crippen MR) is 126 cm³/mol. The van der Waals surface area contributed by atoms with Crippen LogP contribution in [0.4, 0.5) is 10.1 Å². The summed E-state index contributed by atoms with van der Waals surface area (Å²) in [5.41, 5.74) is 1.04. The van der Waals surface area contributed by atoms with E-state index in [1.54, 1.807) is 60.7 Å². The summed E-state index contributed by atoms with van der Waals surface area (Å²) in [6.45, 7) is 0.965. The number of ether oxygens (including phenoxy) is 1. The van der Waals surface area contributed by atoms with Crippen molar-refractivity contribution in [3.05, 3.63) is 84.2 Å². The van der Waals surface area contributed by atoms with Gasteiger partial charge in [-0.25, -0.2) is 4.39 Å². The molecule has 1 atom stereocenters. The lowest BCUT2D eigenvalue weighted by Crippen LogP contribution is -2.43. The Labute approximate surface area is 196 Å². The second-order valence-corrected chi connectivity index (χ2v) is 9.79. The molecule has 0 aromatic heterocycles. The normalized spacial score (nSPS) is 18.7. The van der Waals surface area contributed by atoms with E-state index in [-0.39, 0.29) is 16.7 Å². The first-order chi connectivity index (χ1) is 16.4. The molecule has 9 heteroatoms. The number of carbonyl (C=O) groups excluding carboxylic acids is 1. The molecule has 0 radical (unpaired) electrons. The van der Waals surface area contributed by atoms with Gasteiger partial charge in [0.15, 0.2) is 11.6 Å². The maximum atomic E-state index is 13.5. The van der Waals surface area contributed by atoms with E-state index in [1.807, 2.05) is 4.90 Å². The minimum absolute atomic E-state index is 0.194. The highest BCUT2D eigenvalue weighted by Crippen LogP contribution is 2.32. The number of sulfonamides is 1. The molecule has 2 aliphatic heterocycles. The summed E-state index contributed by atoms with van der Waals surface area (Å²) in [6.07, 6.45) is 1.39. The third-order valence-electron chi connectivity index (χ3n) is 5.87. The van der Waals surface area contributed by atoms with Gasteiger partial charge in [-0.1, -0.05) is 30.3 Å². The molecule has 1 amide bonds. The molecule has 3 aromatic carbocycles. The van der Waals surface area contributed by atoms with Crippen molar-refractivity contribution in [1.29, 1.82) is 0 Å². The van der Waals surface area contributed by atoms with Gasteiger partial charge in [0.1, 0.15) is 16.5 Å². The van der Waals surface area contributed by atoms with Crippen LogP contribution in [0.15, 0.2) is 82.1 Å². The number of carbonyl (C=O) groups is 1.